The molecule has 4 nitrogen and oxygen atoms in total. The molecule has 0 fully saturated rings. The Labute approximate surface area is 123 Å². The first-order valence-electron chi connectivity index (χ1n) is 5.50. The predicted molar refractivity (Wildman–Crippen MR) is 78.9 cm³/mol. The van der Waals surface area contributed by atoms with E-state index in [-0.39, 0.29) is 0 Å². The van der Waals surface area contributed by atoms with Crippen molar-refractivity contribution in [2.24, 2.45) is 5.73 Å². The van der Waals surface area contributed by atoms with E-state index in [2.05, 4.69) is 0 Å². The molecule has 1 unspecified atom stereocenters. The fourth-order valence-electron chi connectivity index (χ4n) is 1.54. The number of sulfone groups is 1. The van der Waals surface area contributed by atoms with Gasteiger partial charge in [0.2, 0.25) is 0 Å². The Morgan fingerprint density at radius 3 is 2.21 bits per heavy atom. The highest BCUT2D eigenvalue weighted by Gasteiger charge is 2.38. The highest BCUT2D eigenvalue weighted by atomic mass is 35.5. The Morgan fingerprint density at radius 2 is 1.79 bits per heavy atom. The normalized spacial score (nSPS) is 14.3. The summed E-state index contributed by atoms with van der Waals surface area (Å²) in [5.41, 5.74) is 6.53. The third-order valence-electron chi connectivity index (χ3n) is 3.31. The topological polar surface area (TPSA) is 69.4 Å². The molecule has 0 aliphatic heterocycles. The number of methoxy groups -OCH3 is 1. The fourth-order valence-corrected chi connectivity index (χ4v) is 2.65. The van der Waals surface area contributed by atoms with Crippen molar-refractivity contribution in [3.05, 3.63) is 27.7 Å². The Kier molecular flexibility index (Phi) is 4.78. The predicted octanol–water partition coefficient (Wildman–Crippen LogP) is 2.83. The maximum atomic E-state index is 11.8. The molecule has 108 valence electrons. The number of nitrogens with two attached hydrogens (primary N) is 1. The van der Waals surface area contributed by atoms with E-state index >= 15 is 0 Å². The number of rotatable bonds is 4. The molecule has 0 bridgehead atoms. The Bertz CT molecular complexity index is 585. The second-order valence-electron chi connectivity index (χ2n) is 4.86. The van der Waals surface area contributed by atoms with Crippen molar-refractivity contribution in [2.75, 3.05) is 13.4 Å². The lowest BCUT2D eigenvalue weighted by Gasteiger charge is -2.30. The van der Waals surface area contributed by atoms with Crippen LogP contribution >= 0.6 is 23.2 Å². The molecule has 1 rings (SSSR count). The second-order valence-corrected chi connectivity index (χ2v) is 8.27. The third-order valence-corrected chi connectivity index (χ3v) is 6.10. The summed E-state index contributed by atoms with van der Waals surface area (Å²) in [6, 6.07) is 2.27. The van der Waals surface area contributed by atoms with Gasteiger partial charge in [-0.15, -0.1) is 0 Å². The van der Waals surface area contributed by atoms with Crippen molar-refractivity contribution in [3.63, 3.8) is 0 Å². The minimum Gasteiger partial charge on any atom is -0.495 e. The van der Waals surface area contributed by atoms with E-state index in [0.717, 1.165) is 6.26 Å². The van der Waals surface area contributed by atoms with Crippen LogP contribution in [0.1, 0.15) is 25.5 Å². The molecule has 0 heterocycles. The molecule has 0 aromatic heterocycles. The highest BCUT2D eigenvalue weighted by molar-refractivity contribution is 7.92. The summed E-state index contributed by atoms with van der Waals surface area (Å²) in [5.74, 6) is 0.416. The van der Waals surface area contributed by atoms with Crippen LogP contribution in [0.3, 0.4) is 0 Å². The number of ether oxygens (including phenoxy) is 1. The number of halogens is 2. The lowest BCUT2D eigenvalue weighted by atomic mass is 9.96. The van der Waals surface area contributed by atoms with Gasteiger partial charge in [-0.3, -0.25) is 0 Å². The van der Waals surface area contributed by atoms with E-state index in [1.54, 1.807) is 19.9 Å². The van der Waals surface area contributed by atoms with Gasteiger partial charge in [0.05, 0.1) is 22.9 Å². The van der Waals surface area contributed by atoms with Crippen molar-refractivity contribution >= 4 is 33.0 Å². The van der Waals surface area contributed by atoms with E-state index in [0.29, 0.717) is 21.4 Å². The van der Waals surface area contributed by atoms with E-state index in [1.807, 2.05) is 0 Å². The number of hydrogen-bond donors (Lipinski definition) is 1. The summed E-state index contributed by atoms with van der Waals surface area (Å²) in [5, 5.41) is 0.659. The van der Waals surface area contributed by atoms with Gasteiger partial charge in [-0.05, 0) is 25.5 Å². The van der Waals surface area contributed by atoms with Crippen molar-refractivity contribution in [1.82, 2.24) is 0 Å². The van der Waals surface area contributed by atoms with Crippen LogP contribution in [0.2, 0.25) is 10.0 Å². The molecule has 0 saturated carbocycles. The van der Waals surface area contributed by atoms with Gasteiger partial charge in [-0.25, -0.2) is 8.42 Å². The van der Waals surface area contributed by atoms with E-state index < -0.39 is 20.6 Å². The molecule has 1 aromatic carbocycles. The van der Waals surface area contributed by atoms with Gasteiger partial charge in [-0.1, -0.05) is 23.2 Å². The standard InChI is InChI=1S/C12H17Cl2NO3S/c1-12(2,19(4,16)17)11(15)7-5-9(14)10(18-3)6-8(7)13/h5-6,11H,15H2,1-4H3. The SMILES string of the molecule is COc1cc(Cl)c(C(N)C(C)(C)S(C)(=O)=O)cc1Cl. The Hall–Kier alpha value is -0.490. The first-order chi connectivity index (χ1) is 8.52. The lowest BCUT2D eigenvalue weighted by molar-refractivity contribution is 0.414. The van der Waals surface area contributed by atoms with Gasteiger partial charge >= 0.3 is 0 Å². The molecule has 0 amide bonds. The molecule has 1 atom stereocenters. The maximum Gasteiger partial charge on any atom is 0.154 e. The number of hydrogen-bond acceptors (Lipinski definition) is 4. The van der Waals surface area contributed by atoms with E-state index in [9.17, 15) is 8.42 Å². The average molecular weight is 326 g/mol. The minimum absolute atomic E-state index is 0.325. The minimum atomic E-state index is -3.35. The largest absolute Gasteiger partial charge is 0.495 e. The summed E-state index contributed by atoms with van der Waals surface area (Å²) in [4.78, 5) is 0. The van der Waals surface area contributed by atoms with Gasteiger partial charge in [0.25, 0.3) is 0 Å². The first kappa shape index (κ1) is 16.6. The van der Waals surface area contributed by atoms with Gasteiger partial charge in [0.1, 0.15) is 5.75 Å². The van der Waals surface area contributed by atoms with Gasteiger partial charge in [0.15, 0.2) is 9.84 Å². The van der Waals surface area contributed by atoms with Crippen LogP contribution in [-0.2, 0) is 9.84 Å². The van der Waals surface area contributed by atoms with Crippen molar-refractivity contribution in [2.45, 2.75) is 24.6 Å². The molecule has 0 aliphatic carbocycles. The van der Waals surface area contributed by atoms with Crippen molar-refractivity contribution in [1.29, 1.82) is 0 Å². The zero-order valence-corrected chi connectivity index (χ0v) is 13.5. The van der Waals surface area contributed by atoms with E-state index in [1.165, 1.54) is 13.2 Å². The summed E-state index contributed by atoms with van der Waals surface area (Å²) in [6.07, 6.45) is 1.14. The molecular weight excluding hydrogens is 309 g/mol. The molecule has 0 radical (unpaired) electrons. The van der Waals surface area contributed by atoms with Gasteiger partial charge < -0.3 is 10.5 Å². The smallest absolute Gasteiger partial charge is 0.154 e. The highest BCUT2D eigenvalue weighted by Crippen LogP contribution is 2.38. The monoisotopic (exact) mass is 325 g/mol. The molecule has 7 heteroatoms. The van der Waals surface area contributed by atoms with Crippen LogP contribution in [0.5, 0.6) is 5.75 Å². The zero-order valence-electron chi connectivity index (χ0n) is 11.2. The van der Waals surface area contributed by atoms with Gasteiger partial charge in [-0.2, -0.15) is 0 Å². The molecule has 2 N–H and O–H groups in total. The van der Waals surface area contributed by atoms with Gasteiger partial charge in [0, 0.05) is 17.3 Å². The Balaban J connectivity index is 3.36. The summed E-state index contributed by atoms with van der Waals surface area (Å²) >= 11 is 12.1. The summed E-state index contributed by atoms with van der Waals surface area (Å²) < 4.78 is 27.5. The van der Waals surface area contributed by atoms with Crippen molar-refractivity contribution in [3.8, 4) is 5.75 Å². The zero-order chi connectivity index (χ0) is 15.0. The van der Waals surface area contributed by atoms with Crippen LogP contribution in [-0.4, -0.2) is 26.5 Å². The second kappa shape index (κ2) is 5.48. The third kappa shape index (κ3) is 3.16. The lowest BCUT2D eigenvalue weighted by Crippen LogP contribution is -2.42. The Morgan fingerprint density at radius 1 is 1.26 bits per heavy atom. The van der Waals surface area contributed by atoms with Crippen LogP contribution in [0.4, 0.5) is 0 Å². The van der Waals surface area contributed by atoms with Crippen LogP contribution in [0.15, 0.2) is 12.1 Å². The summed E-state index contributed by atoms with van der Waals surface area (Å²) in [7, 11) is -1.88. The molecule has 1 aromatic rings. The summed E-state index contributed by atoms with van der Waals surface area (Å²) in [6.45, 7) is 3.11. The quantitative estimate of drug-likeness (QED) is 0.924. The molecule has 0 saturated heterocycles. The molecular formula is C12H17Cl2NO3S. The molecule has 19 heavy (non-hydrogen) atoms. The van der Waals surface area contributed by atoms with E-state index in [4.69, 9.17) is 33.7 Å². The first-order valence-corrected chi connectivity index (χ1v) is 8.15. The molecule has 0 spiro atoms. The average Bonchev–Trinajstić information content (AvgIpc) is 2.29. The number of benzene rings is 1. The van der Waals surface area contributed by atoms with Crippen LogP contribution < -0.4 is 10.5 Å². The van der Waals surface area contributed by atoms with Crippen LogP contribution in [0.25, 0.3) is 0 Å². The fraction of sp³-hybridized carbons (Fsp3) is 0.500. The van der Waals surface area contributed by atoms with Crippen molar-refractivity contribution < 1.29 is 13.2 Å². The maximum absolute atomic E-state index is 11.8. The molecule has 0 aliphatic rings. The van der Waals surface area contributed by atoms with Crippen LogP contribution in [0, 0.1) is 0 Å².